The second kappa shape index (κ2) is 8.62. The Hall–Kier alpha value is -1.96. The summed E-state index contributed by atoms with van der Waals surface area (Å²) in [5.41, 5.74) is 1.77. The van der Waals surface area contributed by atoms with Gasteiger partial charge in [0.1, 0.15) is 5.76 Å². The number of imidazole rings is 1. The molecule has 0 spiro atoms. The van der Waals surface area contributed by atoms with Gasteiger partial charge in [-0.3, -0.25) is 4.79 Å². The fraction of sp³-hybridized carbons (Fsp3) is 0.333. The number of furan rings is 1. The third-order valence-electron chi connectivity index (χ3n) is 3.86. The second-order valence-corrected chi connectivity index (χ2v) is 7.47. The number of aromatic nitrogens is 2. The van der Waals surface area contributed by atoms with Gasteiger partial charge in [0.2, 0.25) is 5.91 Å². The smallest absolute Gasteiger partial charge is 0.233 e. The van der Waals surface area contributed by atoms with Crippen molar-refractivity contribution in [3.8, 4) is 0 Å². The molecule has 0 bridgehead atoms. The molecule has 0 aliphatic heterocycles. The first-order valence-electron chi connectivity index (χ1n) is 8.20. The van der Waals surface area contributed by atoms with Gasteiger partial charge in [0.25, 0.3) is 0 Å². The molecule has 1 N–H and O–H groups in total. The molecule has 0 aliphatic rings. The van der Waals surface area contributed by atoms with Crippen molar-refractivity contribution in [3.63, 3.8) is 0 Å². The summed E-state index contributed by atoms with van der Waals surface area (Å²) in [6, 6.07) is 9.22. The van der Waals surface area contributed by atoms with Gasteiger partial charge in [-0.25, -0.2) is 4.98 Å². The zero-order chi connectivity index (χ0) is 18.5. The van der Waals surface area contributed by atoms with Gasteiger partial charge in [0.15, 0.2) is 5.16 Å². The first kappa shape index (κ1) is 18.8. The number of benzene rings is 1. The third kappa shape index (κ3) is 4.41. The van der Waals surface area contributed by atoms with Crippen LogP contribution in [0.15, 0.2) is 46.2 Å². The second-order valence-electron chi connectivity index (χ2n) is 5.73. The predicted octanol–water partition coefficient (Wildman–Crippen LogP) is 3.73. The van der Waals surface area contributed by atoms with Gasteiger partial charge in [-0.2, -0.15) is 0 Å². The van der Waals surface area contributed by atoms with Crippen molar-refractivity contribution in [2.75, 3.05) is 13.7 Å². The van der Waals surface area contributed by atoms with Gasteiger partial charge in [-0.05, 0) is 37.3 Å². The van der Waals surface area contributed by atoms with Crippen molar-refractivity contribution in [1.82, 2.24) is 14.9 Å². The standard InChI is InChI=1S/C18H20ClN3O3S/c1-12(17(23)20-11-14-4-3-8-25-14)26-18-21-15-10-13(19)5-6-16(15)22(18)7-9-24-2/h3-6,8,10,12H,7,9,11H2,1-2H3,(H,20,23)/t12-/m0/s1. The van der Waals surface area contributed by atoms with Crippen molar-refractivity contribution < 1.29 is 13.9 Å². The van der Waals surface area contributed by atoms with Crippen molar-refractivity contribution in [2.45, 2.75) is 30.4 Å². The SMILES string of the molecule is COCCn1c(S[C@@H](C)C(=O)NCc2ccco2)nc2cc(Cl)ccc21. The molecule has 3 rings (SSSR count). The van der Waals surface area contributed by atoms with Crippen LogP contribution in [0.4, 0.5) is 0 Å². The third-order valence-corrected chi connectivity index (χ3v) is 5.19. The van der Waals surface area contributed by atoms with Crippen LogP contribution in [0.1, 0.15) is 12.7 Å². The molecule has 3 aromatic rings. The topological polar surface area (TPSA) is 69.3 Å². The Bertz CT molecular complexity index is 879. The number of methoxy groups -OCH3 is 1. The van der Waals surface area contributed by atoms with Crippen molar-refractivity contribution in [2.24, 2.45) is 0 Å². The molecule has 2 heterocycles. The molecule has 0 unspecified atom stereocenters. The minimum atomic E-state index is -0.307. The van der Waals surface area contributed by atoms with Crippen LogP contribution >= 0.6 is 23.4 Å². The molecule has 1 aromatic carbocycles. The lowest BCUT2D eigenvalue weighted by atomic mass is 10.3. The average molecular weight is 394 g/mol. The number of halogens is 1. The number of carbonyl (C=O) groups excluding carboxylic acids is 1. The first-order valence-corrected chi connectivity index (χ1v) is 9.45. The Kier molecular flexibility index (Phi) is 6.24. The number of fused-ring (bicyclic) bond motifs is 1. The number of hydrogen-bond acceptors (Lipinski definition) is 5. The summed E-state index contributed by atoms with van der Waals surface area (Å²) in [7, 11) is 1.66. The summed E-state index contributed by atoms with van der Waals surface area (Å²) < 4.78 is 12.5. The van der Waals surface area contributed by atoms with E-state index in [1.54, 1.807) is 19.4 Å². The Morgan fingerprint density at radius 3 is 3.04 bits per heavy atom. The van der Waals surface area contributed by atoms with Crippen molar-refractivity contribution in [1.29, 1.82) is 0 Å². The molecule has 138 valence electrons. The highest BCUT2D eigenvalue weighted by atomic mass is 35.5. The average Bonchev–Trinajstić information content (AvgIpc) is 3.25. The first-order chi connectivity index (χ1) is 12.6. The van der Waals surface area contributed by atoms with E-state index in [9.17, 15) is 4.79 Å². The number of nitrogens with one attached hydrogen (secondary N) is 1. The van der Waals surface area contributed by atoms with E-state index in [-0.39, 0.29) is 11.2 Å². The van der Waals surface area contributed by atoms with E-state index in [2.05, 4.69) is 14.9 Å². The largest absolute Gasteiger partial charge is 0.467 e. The number of nitrogens with zero attached hydrogens (tertiary/aromatic N) is 2. The molecular weight excluding hydrogens is 374 g/mol. The Morgan fingerprint density at radius 2 is 2.31 bits per heavy atom. The normalized spacial score (nSPS) is 12.4. The van der Waals surface area contributed by atoms with Gasteiger partial charge in [-0.15, -0.1) is 0 Å². The summed E-state index contributed by atoms with van der Waals surface area (Å²) in [4.78, 5) is 17.0. The summed E-state index contributed by atoms with van der Waals surface area (Å²) in [6.07, 6.45) is 1.59. The molecular formula is C18H20ClN3O3S. The summed E-state index contributed by atoms with van der Waals surface area (Å²) >= 11 is 7.49. The summed E-state index contributed by atoms with van der Waals surface area (Å²) in [6.45, 7) is 3.43. The van der Waals surface area contributed by atoms with Crippen LogP contribution in [0.2, 0.25) is 5.02 Å². The minimum absolute atomic E-state index is 0.0743. The molecule has 26 heavy (non-hydrogen) atoms. The monoisotopic (exact) mass is 393 g/mol. The van der Waals surface area contributed by atoms with Crippen molar-refractivity contribution >= 4 is 40.3 Å². The molecule has 0 aliphatic carbocycles. The van der Waals surface area contributed by atoms with Crippen LogP contribution in [-0.2, 0) is 22.6 Å². The highest BCUT2D eigenvalue weighted by molar-refractivity contribution is 8.00. The van der Waals surface area contributed by atoms with Crippen LogP contribution in [0.5, 0.6) is 0 Å². The van der Waals surface area contributed by atoms with Crippen LogP contribution in [0.25, 0.3) is 11.0 Å². The number of rotatable bonds is 8. The molecule has 2 aromatic heterocycles. The molecule has 1 atom stereocenters. The van der Waals surface area contributed by atoms with Crippen LogP contribution < -0.4 is 5.32 Å². The molecule has 1 amide bonds. The zero-order valence-electron chi connectivity index (χ0n) is 14.6. The fourth-order valence-electron chi connectivity index (χ4n) is 2.51. The van der Waals surface area contributed by atoms with Gasteiger partial charge in [-0.1, -0.05) is 23.4 Å². The Balaban J connectivity index is 1.74. The van der Waals surface area contributed by atoms with Crippen LogP contribution in [-0.4, -0.2) is 34.4 Å². The predicted molar refractivity (Wildman–Crippen MR) is 102 cm³/mol. The summed E-state index contributed by atoms with van der Waals surface area (Å²) in [5.74, 6) is 0.646. The maximum atomic E-state index is 12.4. The number of ether oxygens (including phenoxy) is 1. The number of hydrogen-bond donors (Lipinski definition) is 1. The van der Waals surface area contributed by atoms with Gasteiger partial charge in [0.05, 0.1) is 35.7 Å². The number of thioether (sulfide) groups is 1. The number of carbonyl (C=O) groups is 1. The molecule has 8 heteroatoms. The molecule has 0 fully saturated rings. The number of amides is 1. The maximum absolute atomic E-state index is 12.4. The lowest BCUT2D eigenvalue weighted by Gasteiger charge is -2.13. The van der Waals surface area contributed by atoms with E-state index in [4.69, 9.17) is 20.8 Å². The van der Waals surface area contributed by atoms with Crippen LogP contribution in [0.3, 0.4) is 0 Å². The summed E-state index contributed by atoms with van der Waals surface area (Å²) in [5, 5.41) is 3.97. The molecule has 0 saturated heterocycles. The lowest BCUT2D eigenvalue weighted by molar-refractivity contribution is -0.120. The van der Waals surface area contributed by atoms with E-state index in [1.165, 1.54) is 11.8 Å². The van der Waals surface area contributed by atoms with E-state index >= 15 is 0 Å². The van der Waals surface area contributed by atoms with E-state index in [0.717, 1.165) is 22.0 Å². The van der Waals surface area contributed by atoms with E-state index in [0.29, 0.717) is 24.7 Å². The van der Waals surface area contributed by atoms with Gasteiger partial charge >= 0.3 is 0 Å². The minimum Gasteiger partial charge on any atom is -0.467 e. The Morgan fingerprint density at radius 1 is 1.46 bits per heavy atom. The fourth-order valence-corrected chi connectivity index (χ4v) is 3.65. The van der Waals surface area contributed by atoms with Crippen LogP contribution in [0, 0.1) is 0 Å². The van der Waals surface area contributed by atoms with Gasteiger partial charge in [0, 0.05) is 18.7 Å². The molecule has 6 nitrogen and oxygen atoms in total. The quantitative estimate of drug-likeness (QED) is 0.590. The van der Waals surface area contributed by atoms with E-state index in [1.807, 2.05) is 31.2 Å². The van der Waals surface area contributed by atoms with Crippen molar-refractivity contribution in [3.05, 3.63) is 47.4 Å². The maximum Gasteiger partial charge on any atom is 0.233 e. The Labute approximate surface area is 160 Å². The highest BCUT2D eigenvalue weighted by Crippen LogP contribution is 2.29. The molecule has 0 saturated carbocycles. The zero-order valence-corrected chi connectivity index (χ0v) is 16.1. The lowest BCUT2D eigenvalue weighted by Crippen LogP contribution is -2.30. The van der Waals surface area contributed by atoms with E-state index < -0.39 is 0 Å². The highest BCUT2D eigenvalue weighted by Gasteiger charge is 2.19. The molecule has 0 radical (unpaired) electrons. The van der Waals surface area contributed by atoms with Gasteiger partial charge < -0.3 is 19.0 Å².